The van der Waals surface area contributed by atoms with Gasteiger partial charge in [0.05, 0.1) is 19.8 Å². The first-order valence-corrected chi connectivity index (χ1v) is 8.24. The van der Waals surface area contributed by atoms with Gasteiger partial charge in [-0.25, -0.2) is 9.59 Å². The van der Waals surface area contributed by atoms with Crippen LogP contribution in [0.3, 0.4) is 0 Å². The fourth-order valence-corrected chi connectivity index (χ4v) is 0.831. The SMILES string of the molecule is C1CO1.O=C1OCCO1.[B][B]B([B])B([B])[B].[CH2+]OCCOC(=O)OCCC. The van der Waals surface area contributed by atoms with Crippen LogP contribution in [0.5, 0.6) is 0 Å². The molecule has 0 aliphatic carbocycles. The minimum atomic E-state index is -0.649. The second-order valence-electron chi connectivity index (χ2n) is 4.76. The molecule has 15 heteroatoms. The number of rotatable bonds is 7. The molecule has 2 fully saturated rings. The molecule has 0 aromatic rings. The summed E-state index contributed by atoms with van der Waals surface area (Å²) in [4.78, 5) is 20.4. The zero-order chi connectivity index (χ0) is 20.9. The predicted octanol–water partition coefficient (Wildman–Crippen LogP) is -1.14. The van der Waals surface area contributed by atoms with Gasteiger partial charge in [-0.15, -0.1) is 0 Å². The average Bonchev–Trinajstić information content (AvgIpc) is 3.47. The summed E-state index contributed by atoms with van der Waals surface area (Å²) >= 11 is 0. The lowest BCUT2D eigenvalue weighted by molar-refractivity contribution is 0.0409. The van der Waals surface area contributed by atoms with Crippen LogP contribution in [0.25, 0.3) is 0 Å². The lowest BCUT2D eigenvalue weighted by atomic mass is 8.76. The first-order valence-electron chi connectivity index (χ1n) is 8.24. The van der Waals surface area contributed by atoms with Crippen molar-refractivity contribution in [3.63, 3.8) is 0 Å². The molecule has 0 atom stereocenters. The minimum Gasteiger partial charge on any atom is -0.434 e. The lowest BCUT2D eigenvalue weighted by Crippen LogP contribution is -2.43. The average molecular weight is 369 g/mol. The van der Waals surface area contributed by atoms with E-state index < -0.39 is 18.7 Å². The number of carbonyl (C=O) groups is 2. The van der Waals surface area contributed by atoms with Gasteiger partial charge in [-0.3, -0.25) is 0 Å². The summed E-state index contributed by atoms with van der Waals surface area (Å²) in [6.07, 6.45) is -1.33. The van der Waals surface area contributed by atoms with Crippen LogP contribution in [0.1, 0.15) is 13.3 Å². The Hall–Kier alpha value is -1.22. The molecule has 0 unspecified atom stereocenters. The second kappa shape index (κ2) is 21.1. The molecule has 9 radical (unpaired) electrons. The highest BCUT2D eigenvalue weighted by molar-refractivity contribution is 7.81. The number of carbonyl (C=O) groups excluding carboxylic acids is 2. The van der Waals surface area contributed by atoms with E-state index in [0.717, 1.165) is 19.6 Å². The molecule has 0 spiro atoms. The standard InChI is InChI=1S/C7H13O4.C3H4O3.C2H4O.B7/c1-3-4-10-7(8)11-6-5-9-2;4-3-5-1-2-6-3;1-2-3-1;1-5-7(4)6(2)3/h2-6H2,1H3;1-2H2;1-2H2;/q+1;;;. The topological polar surface area (TPSA) is 92.8 Å². The number of ether oxygens (including phenoxy) is 6. The van der Waals surface area contributed by atoms with Crippen molar-refractivity contribution in [2.45, 2.75) is 13.3 Å². The summed E-state index contributed by atoms with van der Waals surface area (Å²) in [6, 6.07) is 0. The zero-order valence-corrected chi connectivity index (χ0v) is 15.7. The van der Waals surface area contributed by atoms with Gasteiger partial charge in [-0.05, 0) is 6.42 Å². The zero-order valence-electron chi connectivity index (χ0n) is 15.7. The van der Waals surface area contributed by atoms with Gasteiger partial charge in [-0.1, -0.05) is 6.92 Å². The van der Waals surface area contributed by atoms with E-state index in [4.69, 9.17) is 30.9 Å². The first kappa shape index (κ1) is 28.0. The maximum Gasteiger partial charge on any atom is 0.508 e. The van der Waals surface area contributed by atoms with E-state index in [2.05, 4.69) is 35.5 Å². The highest BCUT2D eigenvalue weighted by atomic mass is 16.8. The molecule has 137 valence electrons. The van der Waals surface area contributed by atoms with Crippen molar-refractivity contribution in [2.75, 3.05) is 46.2 Å². The molecule has 27 heavy (non-hydrogen) atoms. The van der Waals surface area contributed by atoms with Crippen LogP contribution in [0.15, 0.2) is 0 Å². The molecule has 2 heterocycles. The van der Waals surface area contributed by atoms with Crippen molar-refractivity contribution in [1.82, 2.24) is 0 Å². The largest absolute Gasteiger partial charge is 0.508 e. The molecular weight excluding hydrogens is 348 g/mol. The highest BCUT2D eigenvalue weighted by Crippen LogP contribution is 1.92. The second-order valence-corrected chi connectivity index (χ2v) is 4.76. The van der Waals surface area contributed by atoms with E-state index >= 15 is 0 Å². The fraction of sp³-hybridized carbons (Fsp3) is 0.750. The Morgan fingerprint density at radius 1 is 1.11 bits per heavy atom. The van der Waals surface area contributed by atoms with Crippen molar-refractivity contribution < 1.29 is 38.0 Å². The van der Waals surface area contributed by atoms with Crippen LogP contribution in [-0.4, -0.2) is 109 Å². The Morgan fingerprint density at radius 2 is 1.63 bits per heavy atom. The van der Waals surface area contributed by atoms with Crippen molar-refractivity contribution in [3.05, 3.63) is 7.11 Å². The van der Waals surface area contributed by atoms with Crippen LogP contribution < -0.4 is 0 Å². The predicted molar refractivity (Wildman–Crippen MR) is 107 cm³/mol. The summed E-state index contributed by atoms with van der Waals surface area (Å²) in [5, 5.41) is 0. The third-order valence-corrected chi connectivity index (χ3v) is 2.27. The van der Waals surface area contributed by atoms with Crippen molar-refractivity contribution in [3.8, 4) is 0 Å². The van der Waals surface area contributed by atoms with Gasteiger partial charge in [0.25, 0.3) is 0 Å². The summed E-state index contributed by atoms with van der Waals surface area (Å²) in [6.45, 7) is 5.61. The Kier molecular flexibility index (Phi) is 21.9. The van der Waals surface area contributed by atoms with Crippen molar-refractivity contribution >= 4 is 63.1 Å². The van der Waals surface area contributed by atoms with Crippen LogP contribution in [0.4, 0.5) is 9.59 Å². The van der Waals surface area contributed by atoms with Gasteiger partial charge < -0.3 is 23.7 Å². The van der Waals surface area contributed by atoms with Crippen molar-refractivity contribution in [1.29, 1.82) is 0 Å². The summed E-state index contributed by atoms with van der Waals surface area (Å²) in [5.41, 5.74) is 0. The van der Waals surface area contributed by atoms with E-state index in [1.807, 2.05) is 6.92 Å². The molecule has 0 saturated carbocycles. The summed E-state index contributed by atoms with van der Waals surface area (Å²) < 4.78 is 26.7. The first-order chi connectivity index (χ1) is 12.9. The maximum atomic E-state index is 10.6. The summed E-state index contributed by atoms with van der Waals surface area (Å²) in [7, 11) is 24.7. The molecule has 8 nitrogen and oxygen atoms in total. The van der Waals surface area contributed by atoms with Gasteiger partial charge in [0.15, 0.2) is 0 Å². The molecule has 2 aliphatic heterocycles. The molecule has 2 rings (SSSR count). The van der Waals surface area contributed by atoms with Crippen LogP contribution in [0.2, 0.25) is 0 Å². The fourth-order valence-electron chi connectivity index (χ4n) is 0.831. The van der Waals surface area contributed by atoms with Gasteiger partial charge >= 0.3 is 12.3 Å². The van der Waals surface area contributed by atoms with Crippen molar-refractivity contribution in [2.24, 2.45) is 0 Å². The minimum absolute atomic E-state index is 0.187. The van der Waals surface area contributed by atoms with Crippen LogP contribution in [-0.2, 0) is 28.4 Å². The Balaban J connectivity index is 0. The number of cyclic esters (lactones) is 2. The third-order valence-electron chi connectivity index (χ3n) is 2.27. The number of hydrogen-bond donors (Lipinski definition) is 0. The van der Waals surface area contributed by atoms with Gasteiger partial charge in [0.1, 0.15) is 26.4 Å². The molecule has 2 aliphatic rings. The van der Waals surface area contributed by atoms with E-state index in [-0.39, 0.29) is 13.0 Å². The smallest absolute Gasteiger partial charge is 0.434 e. The quantitative estimate of drug-likeness (QED) is 0.183. The van der Waals surface area contributed by atoms with Crippen LogP contribution >= 0.6 is 0 Å². The molecule has 0 aromatic carbocycles. The molecule has 0 aromatic heterocycles. The van der Waals surface area contributed by atoms with E-state index in [1.54, 1.807) is 0 Å². The van der Waals surface area contributed by atoms with E-state index in [9.17, 15) is 9.59 Å². The Morgan fingerprint density at radius 3 is 1.89 bits per heavy atom. The Labute approximate surface area is 168 Å². The molecule has 2 saturated heterocycles. The van der Waals surface area contributed by atoms with Gasteiger partial charge in [-0.2, -0.15) is 4.74 Å². The number of epoxide rings is 1. The van der Waals surface area contributed by atoms with E-state index in [0.29, 0.717) is 26.4 Å². The van der Waals surface area contributed by atoms with Crippen LogP contribution in [0, 0.1) is 7.11 Å². The third kappa shape index (κ3) is 27.1. The maximum absolute atomic E-state index is 10.6. The molecular formula is C12H21B7O8+. The van der Waals surface area contributed by atoms with Gasteiger partial charge in [0, 0.05) is 50.8 Å². The lowest BCUT2D eigenvalue weighted by Gasteiger charge is -2.05. The number of hydrogen-bond acceptors (Lipinski definition) is 8. The monoisotopic (exact) mass is 370 g/mol. The highest BCUT2D eigenvalue weighted by Gasteiger charge is 2.09. The molecule has 0 amide bonds. The Bertz CT molecular complexity index is 352. The normalized spacial score (nSPS) is 12.7. The molecule has 0 bridgehead atoms. The molecule has 0 N–H and O–H groups in total. The van der Waals surface area contributed by atoms with E-state index in [1.165, 1.54) is 7.06 Å². The summed E-state index contributed by atoms with van der Waals surface area (Å²) in [5.74, 6) is 0. The van der Waals surface area contributed by atoms with Gasteiger partial charge in [0.2, 0.25) is 7.11 Å².